The maximum atomic E-state index is 10.9. The first-order valence-electron chi connectivity index (χ1n) is 12.4. The van der Waals surface area contributed by atoms with Gasteiger partial charge in [-0.3, -0.25) is 4.79 Å². The van der Waals surface area contributed by atoms with Gasteiger partial charge in [0.15, 0.2) is 0 Å². The van der Waals surface area contributed by atoms with Crippen LogP contribution in [0.25, 0.3) is 0 Å². The second-order valence-corrected chi connectivity index (χ2v) is 10.5. The second-order valence-electron chi connectivity index (χ2n) is 10.5. The van der Waals surface area contributed by atoms with Crippen LogP contribution in [-0.4, -0.2) is 13.1 Å². The van der Waals surface area contributed by atoms with Crippen LogP contribution in [0.5, 0.6) is 11.5 Å². The van der Waals surface area contributed by atoms with Crippen molar-refractivity contribution in [1.29, 1.82) is 0 Å². The molecule has 0 aliphatic carbocycles. The Labute approximate surface area is 202 Å². The molecule has 3 heteroatoms. The number of rotatable bonds is 11. The fraction of sp³-hybridized carbons (Fsp3) is 0.567. The van der Waals surface area contributed by atoms with E-state index in [1.165, 1.54) is 27.8 Å². The van der Waals surface area contributed by atoms with Crippen molar-refractivity contribution in [2.75, 3.05) is 6.61 Å². The van der Waals surface area contributed by atoms with Crippen molar-refractivity contribution < 1.29 is 14.3 Å². The van der Waals surface area contributed by atoms with Gasteiger partial charge in [0.25, 0.3) is 6.47 Å². The van der Waals surface area contributed by atoms with Crippen LogP contribution in [0.15, 0.2) is 34.9 Å². The average Bonchev–Trinajstić information content (AvgIpc) is 2.75. The molecule has 33 heavy (non-hydrogen) atoms. The molecule has 0 saturated heterocycles. The number of carbonyl (C=O) groups is 1. The summed E-state index contributed by atoms with van der Waals surface area (Å²) >= 11 is 0. The highest BCUT2D eigenvalue weighted by Crippen LogP contribution is 2.45. The lowest BCUT2D eigenvalue weighted by atomic mass is 9.76. The molecule has 2 rings (SSSR count). The van der Waals surface area contributed by atoms with E-state index in [-0.39, 0.29) is 5.41 Å². The summed E-state index contributed by atoms with van der Waals surface area (Å²) in [5.41, 5.74) is 8.90. The maximum absolute atomic E-state index is 10.9. The van der Waals surface area contributed by atoms with E-state index in [0.29, 0.717) is 18.8 Å². The molecule has 3 nitrogen and oxygen atoms in total. The molecule has 0 radical (unpaired) electrons. The Kier molecular flexibility index (Phi) is 10.0. The lowest BCUT2D eigenvalue weighted by Gasteiger charge is -2.37. The molecule has 0 unspecified atom stereocenters. The molecule has 1 aromatic carbocycles. The van der Waals surface area contributed by atoms with E-state index in [0.717, 1.165) is 61.8 Å². The highest BCUT2D eigenvalue weighted by atomic mass is 16.5. The summed E-state index contributed by atoms with van der Waals surface area (Å²) in [6, 6.07) is 0. The predicted octanol–water partition coefficient (Wildman–Crippen LogP) is 8.29. The minimum Gasteiger partial charge on any atom is -0.492 e. The summed E-state index contributed by atoms with van der Waals surface area (Å²) < 4.78 is 11.5. The number of hydrogen-bond acceptors (Lipinski definition) is 3. The zero-order valence-corrected chi connectivity index (χ0v) is 22.2. The fourth-order valence-electron chi connectivity index (χ4n) is 4.70. The SMILES string of the molecule is CC(C)=CCC/C(C)=C/CC/C(C)=C/CC[C@@]1(C)COc2c(C)c(OC=O)c(C)c(C)c2C1. The van der Waals surface area contributed by atoms with Crippen LogP contribution in [0, 0.1) is 26.2 Å². The third kappa shape index (κ3) is 7.62. The summed E-state index contributed by atoms with van der Waals surface area (Å²) in [7, 11) is 0. The lowest BCUT2D eigenvalue weighted by Crippen LogP contribution is -2.33. The number of benzene rings is 1. The molecule has 0 spiro atoms. The molecule has 1 aromatic rings. The first-order chi connectivity index (χ1) is 15.6. The van der Waals surface area contributed by atoms with Crippen LogP contribution in [0.1, 0.15) is 95.4 Å². The van der Waals surface area contributed by atoms with Gasteiger partial charge in [-0.2, -0.15) is 0 Å². The maximum Gasteiger partial charge on any atom is 0.298 e. The minimum atomic E-state index is 0.113. The standard InChI is InChI=1S/C30H44O3/c1-21(2)12-9-13-22(3)14-10-15-23(4)16-11-17-30(8)18-27-24(5)25(6)28(33-20-31)26(7)29(27)32-19-30/h12,14,16,20H,9-11,13,15,17-19H2,1-8H3/b22-14+,23-16+/t30-/m1/s1. The molecular formula is C30H44O3. The molecule has 1 atom stereocenters. The summed E-state index contributed by atoms with van der Waals surface area (Å²) in [5.74, 6) is 1.55. The van der Waals surface area contributed by atoms with Crippen LogP contribution < -0.4 is 9.47 Å². The number of ether oxygens (including phenoxy) is 2. The average molecular weight is 453 g/mol. The highest BCUT2D eigenvalue weighted by Gasteiger charge is 2.34. The third-order valence-electron chi connectivity index (χ3n) is 7.01. The van der Waals surface area contributed by atoms with E-state index in [1.54, 1.807) is 0 Å². The van der Waals surface area contributed by atoms with Gasteiger partial charge in [0.2, 0.25) is 0 Å². The topological polar surface area (TPSA) is 35.5 Å². The fourth-order valence-corrected chi connectivity index (χ4v) is 4.70. The summed E-state index contributed by atoms with van der Waals surface area (Å²) in [5, 5.41) is 0. The van der Waals surface area contributed by atoms with Gasteiger partial charge in [-0.15, -0.1) is 0 Å². The first-order valence-corrected chi connectivity index (χ1v) is 12.4. The van der Waals surface area contributed by atoms with E-state index < -0.39 is 0 Å². The van der Waals surface area contributed by atoms with E-state index in [4.69, 9.17) is 9.47 Å². The Hall–Kier alpha value is -2.29. The first kappa shape index (κ1) is 27.0. The molecule has 0 amide bonds. The Morgan fingerprint density at radius 3 is 2.12 bits per heavy atom. The second kappa shape index (κ2) is 12.3. The molecule has 0 N–H and O–H groups in total. The van der Waals surface area contributed by atoms with Gasteiger partial charge in [0.1, 0.15) is 11.5 Å². The Morgan fingerprint density at radius 1 is 0.909 bits per heavy atom. The third-order valence-corrected chi connectivity index (χ3v) is 7.01. The number of allylic oxidation sites excluding steroid dienone is 6. The monoisotopic (exact) mass is 452 g/mol. The molecule has 1 aliphatic rings. The lowest BCUT2D eigenvalue weighted by molar-refractivity contribution is -0.120. The normalized spacial score (nSPS) is 18.4. The van der Waals surface area contributed by atoms with Crippen molar-refractivity contribution in [3.63, 3.8) is 0 Å². The van der Waals surface area contributed by atoms with Gasteiger partial charge in [0.05, 0.1) is 6.61 Å². The van der Waals surface area contributed by atoms with Gasteiger partial charge >= 0.3 is 0 Å². The quantitative estimate of drug-likeness (QED) is 0.250. The Balaban J connectivity index is 1.93. The summed E-state index contributed by atoms with van der Waals surface area (Å²) in [6.45, 7) is 18.5. The van der Waals surface area contributed by atoms with Crippen LogP contribution in [0.2, 0.25) is 0 Å². The molecular weight excluding hydrogens is 408 g/mol. The van der Waals surface area contributed by atoms with Gasteiger partial charge in [-0.25, -0.2) is 0 Å². The molecule has 0 aromatic heterocycles. The largest absolute Gasteiger partial charge is 0.492 e. The predicted molar refractivity (Wildman–Crippen MR) is 139 cm³/mol. The number of fused-ring (bicyclic) bond motifs is 1. The molecule has 1 heterocycles. The van der Waals surface area contributed by atoms with Gasteiger partial charge < -0.3 is 9.47 Å². The highest BCUT2D eigenvalue weighted by molar-refractivity contribution is 5.62. The zero-order chi connectivity index (χ0) is 24.6. The van der Waals surface area contributed by atoms with Crippen molar-refractivity contribution in [2.24, 2.45) is 5.41 Å². The molecule has 182 valence electrons. The van der Waals surface area contributed by atoms with Crippen molar-refractivity contribution in [1.82, 2.24) is 0 Å². The van der Waals surface area contributed by atoms with Crippen LogP contribution in [-0.2, 0) is 11.2 Å². The van der Waals surface area contributed by atoms with Crippen molar-refractivity contribution >= 4 is 6.47 Å². The summed E-state index contributed by atoms with van der Waals surface area (Å²) in [4.78, 5) is 10.9. The van der Waals surface area contributed by atoms with E-state index >= 15 is 0 Å². The van der Waals surface area contributed by atoms with E-state index in [9.17, 15) is 4.79 Å². The van der Waals surface area contributed by atoms with Crippen molar-refractivity contribution in [2.45, 2.75) is 100 Å². The smallest absolute Gasteiger partial charge is 0.298 e. The van der Waals surface area contributed by atoms with Crippen molar-refractivity contribution in [3.05, 3.63) is 57.2 Å². The minimum absolute atomic E-state index is 0.113. The van der Waals surface area contributed by atoms with E-state index in [2.05, 4.69) is 59.8 Å². The van der Waals surface area contributed by atoms with Crippen LogP contribution in [0.4, 0.5) is 0 Å². The Bertz CT molecular complexity index is 929. The van der Waals surface area contributed by atoms with Gasteiger partial charge in [-0.05, 0) is 110 Å². The Morgan fingerprint density at radius 2 is 1.52 bits per heavy atom. The summed E-state index contributed by atoms with van der Waals surface area (Å²) in [6.07, 6.45) is 14.9. The zero-order valence-electron chi connectivity index (χ0n) is 22.2. The number of hydrogen-bond donors (Lipinski definition) is 0. The van der Waals surface area contributed by atoms with Gasteiger partial charge in [0, 0.05) is 11.0 Å². The van der Waals surface area contributed by atoms with E-state index in [1.807, 2.05) is 13.8 Å². The molecule has 0 fully saturated rings. The molecule has 0 saturated carbocycles. The van der Waals surface area contributed by atoms with Gasteiger partial charge in [-0.1, -0.05) is 41.9 Å². The molecule has 1 aliphatic heterocycles. The van der Waals surface area contributed by atoms with Crippen LogP contribution >= 0.6 is 0 Å². The van der Waals surface area contributed by atoms with Crippen molar-refractivity contribution in [3.8, 4) is 11.5 Å². The molecule has 0 bridgehead atoms. The number of carbonyl (C=O) groups excluding carboxylic acids is 1. The van der Waals surface area contributed by atoms with Crippen LogP contribution in [0.3, 0.4) is 0 Å².